The first-order valence-electron chi connectivity index (χ1n) is 7.59. The van der Waals surface area contributed by atoms with Crippen LogP contribution < -0.4 is 9.64 Å². The Kier molecular flexibility index (Phi) is 4.49. The summed E-state index contributed by atoms with van der Waals surface area (Å²) in [6, 6.07) is 8.74. The molecule has 4 heteroatoms. The fraction of sp³-hybridized carbons (Fsp3) is 0.471. The van der Waals surface area contributed by atoms with Gasteiger partial charge in [0, 0.05) is 30.0 Å². The second kappa shape index (κ2) is 6.52. The number of halogens is 1. The van der Waals surface area contributed by atoms with Crippen LogP contribution >= 0.6 is 11.6 Å². The van der Waals surface area contributed by atoms with Crippen LogP contribution in [0.3, 0.4) is 0 Å². The van der Waals surface area contributed by atoms with Crippen LogP contribution in [0.15, 0.2) is 30.5 Å². The zero-order chi connectivity index (χ0) is 14.7. The third-order valence-corrected chi connectivity index (χ3v) is 4.51. The van der Waals surface area contributed by atoms with E-state index in [0.29, 0.717) is 11.9 Å². The van der Waals surface area contributed by atoms with E-state index in [1.165, 1.54) is 30.0 Å². The van der Waals surface area contributed by atoms with E-state index >= 15 is 0 Å². The van der Waals surface area contributed by atoms with Crippen molar-refractivity contribution >= 4 is 28.2 Å². The minimum atomic E-state index is 0.501. The molecule has 112 valence electrons. The molecular weight excluding hydrogens is 284 g/mol. The number of aromatic nitrogens is 1. The van der Waals surface area contributed by atoms with Crippen LogP contribution in [0.1, 0.15) is 25.7 Å². The first kappa shape index (κ1) is 14.5. The molecule has 0 radical (unpaired) electrons. The van der Waals surface area contributed by atoms with Crippen molar-refractivity contribution in [2.24, 2.45) is 0 Å². The number of ether oxygens (including phenoxy) is 1. The summed E-state index contributed by atoms with van der Waals surface area (Å²) < 4.78 is 5.37. The maximum absolute atomic E-state index is 5.99. The Morgan fingerprint density at radius 3 is 3.05 bits per heavy atom. The summed E-state index contributed by atoms with van der Waals surface area (Å²) in [5.41, 5.74) is 0. The van der Waals surface area contributed by atoms with Crippen LogP contribution in [0.25, 0.3) is 10.8 Å². The predicted octanol–water partition coefficient (Wildman–Crippen LogP) is 4.23. The van der Waals surface area contributed by atoms with E-state index in [1.807, 2.05) is 12.3 Å². The van der Waals surface area contributed by atoms with E-state index in [2.05, 4.69) is 28.1 Å². The summed E-state index contributed by atoms with van der Waals surface area (Å²) in [6.07, 6.45) is 6.63. The number of anilines is 1. The van der Waals surface area contributed by atoms with Crippen LogP contribution in [0.5, 0.6) is 5.75 Å². The SMILES string of the molecule is COc1ccc2ccnc(N3CCCCC3CCCl)c2c1. The van der Waals surface area contributed by atoms with Crippen molar-refractivity contribution < 1.29 is 4.74 Å². The molecular formula is C17H21ClN2O. The highest BCUT2D eigenvalue weighted by Gasteiger charge is 2.24. The smallest absolute Gasteiger partial charge is 0.136 e. The minimum Gasteiger partial charge on any atom is -0.497 e. The van der Waals surface area contributed by atoms with Gasteiger partial charge in [-0.25, -0.2) is 4.98 Å². The van der Waals surface area contributed by atoms with Gasteiger partial charge in [-0.1, -0.05) is 6.07 Å². The topological polar surface area (TPSA) is 25.4 Å². The predicted molar refractivity (Wildman–Crippen MR) is 88.6 cm³/mol. The quantitative estimate of drug-likeness (QED) is 0.790. The average Bonchev–Trinajstić information content (AvgIpc) is 2.55. The molecule has 0 N–H and O–H groups in total. The number of fused-ring (bicyclic) bond motifs is 1. The van der Waals surface area contributed by atoms with E-state index in [4.69, 9.17) is 16.3 Å². The van der Waals surface area contributed by atoms with Crippen molar-refractivity contribution in [3.63, 3.8) is 0 Å². The van der Waals surface area contributed by atoms with E-state index < -0.39 is 0 Å². The largest absolute Gasteiger partial charge is 0.497 e. The zero-order valence-electron chi connectivity index (χ0n) is 12.4. The summed E-state index contributed by atoms with van der Waals surface area (Å²) in [5, 5.41) is 2.37. The second-order valence-corrected chi connectivity index (χ2v) is 5.92. The van der Waals surface area contributed by atoms with Crippen LogP contribution in [-0.4, -0.2) is 30.6 Å². The standard InChI is InChI=1S/C17H21ClN2O/c1-21-15-6-5-13-8-10-19-17(16(13)12-15)20-11-3-2-4-14(20)7-9-18/h5-6,8,10,12,14H,2-4,7,9,11H2,1H3. The van der Waals surface area contributed by atoms with Crippen LogP contribution in [0, 0.1) is 0 Å². The third-order valence-electron chi connectivity index (χ3n) is 4.29. The van der Waals surface area contributed by atoms with Gasteiger partial charge in [0.25, 0.3) is 0 Å². The van der Waals surface area contributed by atoms with Gasteiger partial charge in [0.15, 0.2) is 0 Å². The number of alkyl halides is 1. The van der Waals surface area contributed by atoms with E-state index in [0.717, 1.165) is 24.5 Å². The maximum atomic E-state index is 5.99. The van der Waals surface area contributed by atoms with Crippen LogP contribution in [0.2, 0.25) is 0 Å². The number of rotatable bonds is 4. The number of hydrogen-bond acceptors (Lipinski definition) is 3. The van der Waals surface area contributed by atoms with Crippen molar-refractivity contribution in [1.29, 1.82) is 0 Å². The molecule has 3 nitrogen and oxygen atoms in total. The minimum absolute atomic E-state index is 0.501. The molecule has 0 amide bonds. The molecule has 2 aromatic rings. The van der Waals surface area contributed by atoms with Gasteiger partial charge in [0.2, 0.25) is 0 Å². The molecule has 1 aromatic heterocycles. The first-order chi connectivity index (χ1) is 10.3. The van der Waals surface area contributed by atoms with E-state index in [9.17, 15) is 0 Å². The normalized spacial score (nSPS) is 19.0. The molecule has 21 heavy (non-hydrogen) atoms. The molecule has 1 aromatic carbocycles. The second-order valence-electron chi connectivity index (χ2n) is 5.54. The summed E-state index contributed by atoms with van der Waals surface area (Å²) in [4.78, 5) is 7.10. The van der Waals surface area contributed by atoms with Gasteiger partial charge in [0.1, 0.15) is 11.6 Å². The van der Waals surface area contributed by atoms with Gasteiger partial charge in [0.05, 0.1) is 7.11 Å². The van der Waals surface area contributed by atoms with Crippen molar-refractivity contribution in [2.75, 3.05) is 24.4 Å². The Balaban J connectivity index is 2.05. The molecule has 1 aliphatic heterocycles. The molecule has 1 fully saturated rings. The number of pyridine rings is 1. The summed E-state index contributed by atoms with van der Waals surface area (Å²) in [7, 11) is 1.70. The van der Waals surface area contributed by atoms with Gasteiger partial charge in [-0.2, -0.15) is 0 Å². The Morgan fingerprint density at radius 1 is 1.33 bits per heavy atom. The van der Waals surface area contributed by atoms with E-state index in [-0.39, 0.29) is 0 Å². The van der Waals surface area contributed by atoms with Gasteiger partial charge < -0.3 is 9.64 Å². The van der Waals surface area contributed by atoms with Crippen molar-refractivity contribution in [3.8, 4) is 5.75 Å². The molecule has 2 heterocycles. The van der Waals surface area contributed by atoms with Crippen molar-refractivity contribution in [2.45, 2.75) is 31.7 Å². The first-order valence-corrected chi connectivity index (χ1v) is 8.12. The zero-order valence-corrected chi connectivity index (χ0v) is 13.1. The molecule has 0 bridgehead atoms. The molecule has 1 saturated heterocycles. The molecule has 1 unspecified atom stereocenters. The molecule has 1 aliphatic rings. The average molecular weight is 305 g/mol. The lowest BCUT2D eigenvalue weighted by molar-refractivity contribution is 0.415. The fourth-order valence-corrected chi connectivity index (χ4v) is 3.45. The Labute approximate surface area is 130 Å². The summed E-state index contributed by atoms with van der Waals surface area (Å²) >= 11 is 5.99. The molecule has 3 rings (SSSR count). The van der Waals surface area contributed by atoms with E-state index in [1.54, 1.807) is 7.11 Å². The highest BCUT2D eigenvalue weighted by molar-refractivity contribution is 6.17. The highest BCUT2D eigenvalue weighted by Crippen LogP contribution is 2.32. The Bertz CT molecular complexity index is 615. The fourth-order valence-electron chi connectivity index (χ4n) is 3.19. The Morgan fingerprint density at radius 2 is 2.24 bits per heavy atom. The van der Waals surface area contributed by atoms with Crippen molar-refractivity contribution in [3.05, 3.63) is 30.5 Å². The maximum Gasteiger partial charge on any atom is 0.136 e. The summed E-state index contributed by atoms with van der Waals surface area (Å²) in [5.74, 6) is 2.65. The van der Waals surface area contributed by atoms with Crippen molar-refractivity contribution in [1.82, 2.24) is 4.98 Å². The molecule has 1 atom stereocenters. The van der Waals surface area contributed by atoms with Gasteiger partial charge in [-0.3, -0.25) is 0 Å². The number of piperidine rings is 1. The highest BCUT2D eigenvalue weighted by atomic mass is 35.5. The monoisotopic (exact) mass is 304 g/mol. The number of hydrogen-bond donors (Lipinski definition) is 0. The molecule has 0 saturated carbocycles. The lowest BCUT2D eigenvalue weighted by Gasteiger charge is -2.37. The van der Waals surface area contributed by atoms with Gasteiger partial charge in [-0.15, -0.1) is 11.6 Å². The number of methoxy groups -OCH3 is 1. The lowest BCUT2D eigenvalue weighted by atomic mass is 9.99. The number of nitrogens with zero attached hydrogens (tertiary/aromatic N) is 2. The number of benzene rings is 1. The molecule has 0 spiro atoms. The van der Waals surface area contributed by atoms with Gasteiger partial charge in [-0.05, 0) is 49.3 Å². The summed E-state index contributed by atoms with van der Waals surface area (Å²) in [6.45, 7) is 1.06. The molecule has 0 aliphatic carbocycles. The third kappa shape index (κ3) is 2.93. The Hall–Kier alpha value is -1.48. The van der Waals surface area contributed by atoms with Crippen LogP contribution in [0.4, 0.5) is 5.82 Å². The van der Waals surface area contributed by atoms with Gasteiger partial charge >= 0.3 is 0 Å². The van der Waals surface area contributed by atoms with Crippen LogP contribution in [-0.2, 0) is 0 Å². The lowest BCUT2D eigenvalue weighted by Crippen LogP contribution is -2.40.